The fraction of sp³-hybridized carbons (Fsp3) is 0.391. The molecule has 0 unspecified atom stereocenters. The lowest BCUT2D eigenvalue weighted by atomic mass is 9.99. The third kappa shape index (κ3) is 13.5. The number of nitrogens with zero attached hydrogens (tertiary/aromatic N) is 19. The molecule has 0 saturated carbocycles. The lowest BCUT2D eigenvalue weighted by Crippen LogP contribution is -2.44. The fourth-order valence-electron chi connectivity index (χ4n) is 12.9. The lowest BCUT2D eigenvalue weighted by Gasteiger charge is -2.33. The molecule has 2 aromatic carbocycles. The minimum absolute atomic E-state index is 0.0391. The summed E-state index contributed by atoms with van der Waals surface area (Å²) in [6.07, 6.45) is 9.14. The Bertz CT molecular complexity index is 4640. The van der Waals surface area contributed by atoms with Crippen molar-refractivity contribution in [3.63, 3.8) is 0 Å². The van der Waals surface area contributed by atoms with Crippen LogP contribution < -0.4 is 60.3 Å². The Morgan fingerprint density at radius 2 is 0.980 bits per heavy atom. The van der Waals surface area contributed by atoms with Gasteiger partial charge in [0.15, 0.2) is 34.5 Å². The Balaban J connectivity index is 0.000000134. The van der Waals surface area contributed by atoms with E-state index < -0.39 is 0 Å². The van der Waals surface area contributed by atoms with Gasteiger partial charge in [-0.25, -0.2) is 34.9 Å². The summed E-state index contributed by atoms with van der Waals surface area (Å²) >= 11 is 4.44. The van der Waals surface area contributed by atoms with Crippen molar-refractivity contribution in [2.75, 3.05) is 131 Å². The standard InChI is InChI=1S/C24H29N7O2S.C23H29N9OS.C22H23N7O2S/c1-13(2)31-18-11-25-24(28-21(18)30(5)23-20(22(31)32)26-14(3)34-23)27-17-9-16-12-29(4)8-7-15(16)10-19(17)33-6;1-14(2)32-17-13-25-23(28-20(17)30(5)22-19(21(32)33)26-15(3)34-22)27-18-7-6-16(12-24-18)31-10-8-29(4)9-11-31;1-11(2)29-16-10-23-22(25-14-6-7-15-13(9-14)5-8-17(30)26-15)27-19(16)28(4)21-18(20(29)31)24-12(3)32-21/h9-11,13H,7-8,12H2,1-6H3,(H,25,27,28);6-7,12-14H,8-11H2,1-5H3,(H,24,25,27,28);6-7,9-11H,5,8H2,1-4H3,(H,26,30)(H,23,25,27). The zero-order valence-corrected chi connectivity index (χ0v) is 61.2. The monoisotopic (exact) mass is 1410 g/mol. The van der Waals surface area contributed by atoms with E-state index in [9.17, 15) is 19.2 Å². The van der Waals surface area contributed by atoms with Crippen molar-refractivity contribution >= 4 is 154 Å². The molecule has 31 heteroatoms. The van der Waals surface area contributed by atoms with E-state index in [1.807, 2.05) is 129 Å². The van der Waals surface area contributed by atoms with Crippen LogP contribution in [-0.4, -0.2) is 176 Å². The highest BCUT2D eigenvalue weighted by Crippen LogP contribution is 2.46. The number of aromatic nitrogens is 10. The Morgan fingerprint density at radius 3 is 1.45 bits per heavy atom. The average Bonchev–Trinajstić information content (AvgIpc) is 1.60. The molecule has 9 aromatic rings. The molecular formula is C69H81N23O5S3. The first kappa shape index (κ1) is 68.4. The second-order valence-electron chi connectivity index (χ2n) is 26.1. The number of hydrogen-bond acceptors (Lipinski definition) is 27. The van der Waals surface area contributed by atoms with Gasteiger partial charge in [0.05, 0.1) is 58.3 Å². The molecule has 1 saturated heterocycles. The molecule has 4 amide bonds. The fourth-order valence-corrected chi connectivity index (χ4v) is 15.5. The van der Waals surface area contributed by atoms with E-state index in [1.54, 1.807) is 40.4 Å². The minimum Gasteiger partial charge on any atom is -0.495 e. The first-order chi connectivity index (χ1) is 47.9. The van der Waals surface area contributed by atoms with Gasteiger partial charge in [-0.3, -0.25) is 33.9 Å². The maximum atomic E-state index is 13.4. The van der Waals surface area contributed by atoms with Crippen LogP contribution in [0.25, 0.3) is 0 Å². The van der Waals surface area contributed by atoms with E-state index in [0.29, 0.717) is 88.1 Å². The first-order valence-corrected chi connectivity index (χ1v) is 35.6. The molecule has 28 nitrogen and oxygen atoms in total. The van der Waals surface area contributed by atoms with Crippen molar-refractivity contribution in [3.05, 3.63) is 116 Å². The van der Waals surface area contributed by atoms with Gasteiger partial charge in [-0.1, -0.05) is 0 Å². The number of carbonyl (C=O) groups excluding carboxylic acids is 4. The van der Waals surface area contributed by atoms with Crippen LogP contribution in [0.15, 0.2) is 67.3 Å². The van der Waals surface area contributed by atoms with Crippen molar-refractivity contribution in [1.82, 2.24) is 59.6 Å². The molecule has 6 aliphatic rings. The summed E-state index contributed by atoms with van der Waals surface area (Å²) in [5.74, 6) is 4.27. The Morgan fingerprint density at radius 1 is 0.490 bits per heavy atom. The van der Waals surface area contributed by atoms with E-state index in [1.165, 1.54) is 45.1 Å². The van der Waals surface area contributed by atoms with Crippen LogP contribution in [0.5, 0.6) is 5.75 Å². The smallest absolute Gasteiger partial charge is 0.280 e. The Kier molecular flexibility index (Phi) is 19.1. The highest BCUT2D eigenvalue weighted by atomic mass is 32.1. The number of fused-ring (bicyclic) bond motifs is 8. The van der Waals surface area contributed by atoms with E-state index in [0.717, 1.165) is 110 Å². The maximum Gasteiger partial charge on any atom is 0.280 e. The van der Waals surface area contributed by atoms with Crippen LogP contribution in [0.3, 0.4) is 0 Å². The summed E-state index contributed by atoms with van der Waals surface area (Å²) in [5, 5.41) is 17.6. The molecule has 100 heavy (non-hydrogen) atoms. The van der Waals surface area contributed by atoms with Gasteiger partial charge in [-0.15, -0.1) is 34.0 Å². The van der Waals surface area contributed by atoms with Gasteiger partial charge in [0, 0.05) is 96.3 Å². The number of methoxy groups -OCH3 is 1. The van der Waals surface area contributed by atoms with Crippen molar-refractivity contribution in [2.45, 2.75) is 106 Å². The van der Waals surface area contributed by atoms with Crippen LogP contribution in [0.4, 0.5) is 95.9 Å². The molecule has 1 fully saturated rings. The number of amides is 4. The van der Waals surface area contributed by atoms with Gasteiger partial charge < -0.3 is 55.4 Å². The quantitative estimate of drug-likeness (QED) is 0.0936. The summed E-state index contributed by atoms with van der Waals surface area (Å²) in [6, 6.07) is 13.8. The van der Waals surface area contributed by atoms with Gasteiger partial charge >= 0.3 is 0 Å². The third-order valence-corrected chi connectivity index (χ3v) is 21.1. The number of nitrogens with one attached hydrogen (secondary N) is 4. The van der Waals surface area contributed by atoms with Gasteiger partial charge in [0.1, 0.15) is 43.6 Å². The zero-order chi connectivity index (χ0) is 70.7. The van der Waals surface area contributed by atoms with Crippen molar-refractivity contribution in [2.24, 2.45) is 0 Å². The molecule has 6 aliphatic heterocycles. The summed E-state index contributed by atoms with van der Waals surface area (Å²) in [4.78, 5) is 115. The lowest BCUT2D eigenvalue weighted by molar-refractivity contribution is -0.116. The number of rotatable bonds is 11. The molecule has 13 heterocycles. The van der Waals surface area contributed by atoms with E-state index in [2.05, 4.69) is 103 Å². The number of hydrogen-bond donors (Lipinski definition) is 4. The number of thiazole rings is 3. The van der Waals surface area contributed by atoms with E-state index in [-0.39, 0.29) is 41.8 Å². The van der Waals surface area contributed by atoms with Crippen LogP contribution >= 0.6 is 34.0 Å². The molecule has 0 bridgehead atoms. The molecule has 15 rings (SSSR count). The molecule has 0 aliphatic carbocycles. The first-order valence-electron chi connectivity index (χ1n) is 33.2. The van der Waals surface area contributed by atoms with Crippen molar-refractivity contribution in [3.8, 4) is 5.75 Å². The predicted octanol–water partition coefficient (Wildman–Crippen LogP) is 11.4. The second kappa shape index (κ2) is 27.9. The molecule has 7 aromatic heterocycles. The summed E-state index contributed by atoms with van der Waals surface area (Å²) in [7, 11) is 11.7. The number of anilines is 17. The average molecular weight is 1410 g/mol. The van der Waals surface area contributed by atoms with Crippen LogP contribution in [0.1, 0.15) is 111 Å². The Hall–Kier alpha value is -10.1. The third-order valence-electron chi connectivity index (χ3n) is 17.9. The van der Waals surface area contributed by atoms with Crippen LogP contribution in [0.2, 0.25) is 0 Å². The number of likely N-dealkylation sites (N-methyl/N-ethyl adjacent to an activating group) is 2. The van der Waals surface area contributed by atoms with Gasteiger partial charge in [0.25, 0.3) is 17.7 Å². The zero-order valence-electron chi connectivity index (χ0n) is 58.7. The van der Waals surface area contributed by atoms with E-state index in [4.69, 9.17) is 19.7 Å². The molecule has 0 spiro atoms. The minimum atomic E-state index is -0.147. The normalized spacial score (nSPS) is 15.8. The van der Waals surface area contributed by atoms with Crippen molar-refractivity contribution in [1.29, 1.82) is 0 Å². The highest BCUT2D eigenvalue weighted by Gasteiger charge is 2.39. The number of ether oxygens (including phenoxy) is 1. The Labute approximate surface area is 592 Å². The number of carbonyl (C=O) groups is 4. The highest BCUT2D eigenvalue weighted by molar-refractivity contribution is 7.17. The molecule has 4 N–H and O–H groups in total. The molecular weight excluding hydrogens is 1330 g/mol. The van der Waals surface area contributed by atoms with Crippen LogP contribution in [-0.2, 0) is 24.2 Å². The number of aryl methyl sites for hydroxylation is 4. The number of pyridine rings is 1. The summed E-state index contributed by atoms with van der Waals surface area (Å²) < 4.78 is 5.67. The molecule has 520 valence electrons. The van der Waals surface area contributed by atoms with Crippen LogP contribution in [0, 0.1) is 20.8 Å². The molecule has 0 radical (unpaired) electrons. The molecule has 0 atom stereocenters. The SMILES string of the molecule is COc1cc2c(cc1Nc1ncc3c(n1)N(C)c1sc(C)nc1C(=O)N3C(C)C)CN(C)CC2.Cc1nc2c(s1)N(C)c1nc(Nc3ccc(N4CCN(C)CC4)cn3)ncc1N(C(C)C)C2=O.Cc1nc2c(s1)N(C)c1nc(Nc3ccc4c(c3)CCC(=O)N4)ncc1N(C(C)C)C2=O. The van der Waals surface area contributed by atoms with Gasteiger partial charge in [-0.05, 0) is 148 Å². The predicted molar refractivity (Wildman–Crippen MR) is 397 cm³/mol. The summed E-state index contributed by atoms with van der Waals surface area (Å²) in [6.45, 7) is 23.6. The van der Waals surface area contributed by atoms with E-state index >= 15 is 0 Å². The topological polar surface area (TPSA) is 284 Å². The maximum absolute atomic E-state index is 13.4. The number of benzene rings is 2. The summed E-state index contributed by atoms with van der Waals surface area (Å²) in [5.41, 5.74) is 10.6. The van der Waals surface area contributed by atoms with Gasteiger partial charge in [0.2, 0.25) is 23.8 Å². The van der Waals surface area contributed by atoms with Gasteiger partial charge in [-0.2, -0.15) is 15.0 Å². The largest absolute Gasteiger partial charge is 0.495 e. The second-order valence-corrected chi connectivity index (χ2v) is 29.7. The van der Waals surface area contributed by atoms with Crippen molar-refractivity contribution < 1.29 is 23.9 Å². The number of piperazine rings is 1.